The maximum atomic E-state index is 13.1. The Hall–Kier alpha value is -1.86. The zero-order valence-electron chi connectivity index (χ0n) is 7.41. The van der Waals surface area contributed by atoms with Gasteiger partial charge in [0.05, 0.1) is 12.0 Å². The number of rotatable bonds is 3. The van der Waals surface area contributed by atoms with Crippen LogP contribution in [0.1, 0.15) is 12.1 Å². The summed E-state index contributed by atoms with van der Waals surface area (Å²) in [6.07, 6.45) is -3.03. The number of aromatic nitrogens is 1. The lowest BCUT2D eigenvalue weighted by Crippen LogP contribution is -2.02. The smallest absolute Gasteiger partial charge is 0.312 e. The minimum absolute atomic E-state index is 0.377. The van der Waals surface area contributed by atoms with Crippen molar-refractivity contribution in [3.05, 3.63) is 27.7 Å². The quantitative estimate of drug-likeness (QED) is 0.580. The van der Waals surface area contributed by atoms with Crippen molar-refractivity contribution in [3.63, 3.8) is 0 Å². The van der Waals surface area contributed by atoms with Crippen LogP contribution in [0, 0.1) is 15.9 Å². The predicted molar refractivity (Wildman–Crippen MR) is 42.4 cm³/mol. The Labute approximate surface area is 81.6 Å². The number of halogens is 3. The fourth-order valence-corrected chi connectivity index (χ4v) is 0.891. The predicted octanol–water partition coefficient (Wildman–Crippen LogP) is 2.08. The Morgan fingerprint density at radius 1 is 1.60 bits per heavy atom. The maximum absolute atomic E-state index is 13.1. The average molecular weight is 222 g/mol. The van der Waals surface area contributed by atoms with Crippen molar-refractivity contribution in [1.29, 1.82) is 0 Å². The SMILES string of the molecule is COc1nc(C(F)F)cc([N+](=O)[O-])c1F. The van der Waals surface area contributed by atoms with Gasteiger partial charge in [-0.15, -0.1) is 0 Å². The van der Waals surface area contributed by atoms with Gasteiger partial charge in [0.2, 0.25) is 0 Å². The van der Waals surface area contributed by atoms with E-state index in [0.717, 1.165) is 7.11 Å². The zero-order valence-corrected chi connectivity index (χ0v) is 7.41. The average Bonchev–Trinajstić information content (AvgIpc) is 2.17. The van der Waals surface area contributed by atoms with Crippen LogP contribution in [0.25, 0.3) is 0 Å². The van der Waals surface area contributed by atoms with Gasteiger partial charge in [-0.3, -0.25) is 10.1 Å². The van der Waals surface area contributed by atoms with Crippen LogP contribution in [-0.4, -0.2) is 17.0 Å². The van der Waals surface area contributed by atoms with Crippen LogP contribution in [0.15, 0.2) is 6.07 Å². The van der Waals surface area contributed by atoms with Gasteiger partial charge < -0.3 is 4.74 Å². The summed E-state index contributed by atoms with van der Waals surface area (Å²) in [7, 11) is 0.977. The highest BCUT2D eigenvalue weighted by Crippen LogP contribution is 2.29. The molecule has 1 heterocycles. The molecule has 0 radical (unpaired) electrons. The molecule has 1 rings (SSSR count). The van der Waals surface area contributed by atoms with E-state index in [1.807, 2.05) is 0 Å². The molecule has 0 saturated heterocycles. The molecule has 0 aliphatic carbocycles. The minimum Gasteiger partial charge on any atom is -0.479 e. The minimum atomic E-state index is -3.03. The van der Waals surface area contributed by atoms with Crippen LogP contribution in [-0.2, 0) is 0 Å². The molecular formula is C7H5F3N2O3. The first kappa shape index (κ1) is 11.2. The van der Waals surface area contributed by atoms with Crippen LogP contribution < -0.4 is 4.74 Å². The van der Waals surface area contributed by atoms with E-state index in [4.69, 9.17) is 0 Å². The van der Waals surface area contributed by atoms with Crippen LogP contribution in [0.4, 0.5) is 18.9 Å². The Morgan fingerprint density at radius 2 is 2.20 bits per heavy atom. The molecule has 0 aromatic carbocycles. The summed E-state index contributed by atoms with van der Waals surface area (Å²) in [5, 5.41) is 10.3. The molecule has 1 aromatic heterocycles. The van der Waals surface area contributed by atoms with Crippen molar-refractivity contribution < 1.29 is 22.8 Å². The van der Waals surface area contributed by atoms with Gasteiger partial charge >= 0.3 is 5.69 Å². The molecule has 0 atom stereocenters. The lowest BCUT2D eigenvalue weighted by molar-refractivity contribution is -0.387. The third-order valence-electron chi connectivity index (χ3n) is 1.54. The second-order valence-corrected chi connectivity index (χ2v) is 2.45. The first-order valence-corrected chi connectivity index (χ1v) is 3.64. The summed E-state index contributed by atoms with van der Waals surface area (Å²) in [5.74, 6) is -2.19. The van der Waals surface area contributed by atoms with Crippen LogP contribution >= 0.6 is 0 Å². The van der Waals surface area contributed by atoms with Crippen molar-refractivity contribution in [1.82, 2.24) is 4.98 Å². The molecule has 0 aliphatic heterocycles. The lowest BCUT2D eigenvalue weighted by atomic mass is 10.3. The number of ether oxygens (including phenoxy) is 1. The van der Waals surface area contributed by atoms with E-state index >= 15 is 0 Å². The Balaban J connectivity index is 3.38. The summed E-state index contributed by atoms with van der Waals surface area (Å²) >= 11 is 0. The van der Waals surface area contributed by atoms with Gasteiger partial charge in [-0.05, 0) is 0 Å². The molecule has 5 nitrogen and oxygen atoms in total. The number of hydrogen-bond acceptors (Lipinski definition) is 4. The standard InChI is InChI=1S/C7H5F3N2O3/c1-15-7-5(8)4(12(13)14)2-3(11-7)6(9)10/h2,6H,1H3. The highest BCUT2D eigenvalue weighted by Gasteiger charge is 2.25. The largest absolute Gasteiger partial charge is 0.479 e. The maximum Gasteiger partial charge on any atom is 0.312 e. The zero-order chi connectivity index (χ0) is 11.6. The molecule has 0 aliphatic rings. The molecule has 0 N–H and O–H groups in total. The molecule has 0 spiro atoms. The highest BCUT2D eigenvalue weighted by molar-refractivity contribution is 5.38. The van der Waals surface area contributed by atoms with Crippen LogP contribution in [0.5, 0.6) is 5.88 Å². The summed E-state index contributed by atoms with van der Waals surface area (Å²) in [6, 6.07) is 0.377. The third kappa shape index (κ3) is 2.14. The molecule has 0 saturated carbocycles. The van der Waals surface area contributed by atoms with Crippen LogP contribution in [0.2, 0.25) is 0 Å². The lowest BCUT2D eigenvalue weighted by Gasteiger charge is -2.04. The Morgan fingerprint density at radius 3 is 2.60 bits per heavy atom. The molecule has 0 bridgehead atoms. The highest BCUT2D eigenvalue weighted by atomic mass is 19.3. The molecule has 15 heavy (non-hydrogen) atoms. The van der Waals surface area contributed by atoms with Crippen LogP contribution in [0.3, 0.4) is 0 Å². The van der Waals surface area contributed by atoms with E-state index in [1.54, 1.807) is 0 Å². The number of pyridine rings is 1. The topological polar surface area (TPSA) is 65.3 Å². The molecular weight excluding hydrogens is 217 g/mol. The van der Waals surface area contributed by atoms with Crippen molar-refractivity contribution >= 4 is 5.69 Å². The van der Waals surface area contributed by atoms with E-state index in [1.165, 1.54) is 0 Å². The number of hydrogen-bond donors (Lipinski definition) is 0. The van der Waals surface area contributed by atoms with E-state index in [0.29, 0.717) is 6.07 Å². The van der Waals surface area contributed by atoms with Gasteiger partial charge in [0.1, 0.15) is 5.69 Å². The number of methoxy groups -OCH3 is 1. The Kier molecular flexibility index (Phi) is 3.08. The molecule has 8 heteroatoms. The van der Waals surface area contributed by atoms with E-state index in [9.17, 15) is 23.3 Å². The van der Waals surface area contributed by atoms with Crippen molar-refractivity contribution in [3.8, 4) is 5.88 Å². The summed E-state index contributed by atoms with van der Waals surface area (Å²) < 4.78 is 41.8. The monoisotopic (exact) mass is 222 g/mol. The summed E-state index contributed by atoms with van der Waals surface area (Å²) in [6.45, 7) is 0. The summed E-state index contributed by atoms with van der Waals surface area (Å²) in [4.78, 5) is 12.3. The fraction of sp³-hybridized carbons (Fsp3) is 0.286. The van der Waals surface area contributed by atoms with Crippen molar-refractivity contribution in [2.75, 3.05) is 7.11 Å². The summed E-state index contributed by atoms with van der Waals surface area (Å²) in [5.41, 5.74) is -1.99. The number of nitrogens with zero attached hydrogens (tertiary/aromatic N) is 2. The normalized spacial score (nSPS) is 10.5. The second kappa shape index (κ2) is 4.11. The van der Waals surface area contributed by atoms with E-state index < -0.39 is 34.4 Å². The molecule has 0 fully saturated rings. The number of nitro groups is 1. The van der Waals surface area contributed by atoms with Gasteiger partial charge in [-0.25, -0.2) is 13.8 Å². The molecule has 1 aromatic rings. The van der Waals surface area contributed by atoms with Gasteiger partial charge in [0.25, 0.3) is 18.1 Å². The molecule has 0 amide bonds. The number of alkyl halides is 2. The molecule has 82 valence electrons. The second-order valence-electron chi connectivity index (χ2n) is 2.45. The van der Waals surface area contributed by atoms with Gasteiger partial charge in [-0.1, -0.05) is 0 Å². The van der Waals surface area contributed by atoms with Crippen molar-refractivity contribution in [2.45, 2.75) is 6.43 Å². The van der Waals surface area contributed by atoms with E-state index in [-0.39, 0.29) is 0 Å². The third-order valence-corrected chi connectivity index (χ3v) is 1.54. The first-order chi connectivity index (χ1) is 6.97. The van der Waals surface area contributed by atoms with Gasteiger partial charge in [0.15, 0.2) is 0 Å². The van der Waals surface area contributed by atoms with Crippen molar-refractivity contribution in [2.24, 2.45) is 0 Å². The Bertz CT molecular complexity index is 397. The van der Waals surface area contributed by atoms with Gasteiger partial charge in [0, 0.05) is 6.07 Å². The van der Waals surface area contributed by atoms with E-state index in [2.05, 4.69) is 9.72 Å². The molecule has 0 unspecified atom stereocenters. The fourth-order valence-electron chi connectivity index (χ4n) is 0.891. The van der Waals surface area contributed by atoms with Gasteiger partial charge in [-0.2, -0.15) is 4.39 Å². The first-order valence-electron chi connectivity index (χ1n) is 3.64.